The van der Waals surface area contributed by atoms with Gasteiger partial charge in [-0.05, 0) is 55.9 Å². The summed E-state index contributed by atoms with van der Waals surface area (Å²) in [4.78, 5) is 109. The van der Waals surface area contributed by atoms with Crippen LogP contribution in [0.4, 0.5) is 0 Å². The predicted octanol–water partition coefficient (Wildman–Crippen LogP) is -0.912. The highest BCUT2D eigenvalue weighted by Gasteiger charge is 2.37. The Morgan fingerprint density at radius 2 is 1.64 bits per heavy atom. The third-order valence-electron chi connectivity index (χ3n) is 9.89. The van der Waals surface area contributed by atoms with Gasteiger partial charge in [0.15, 0.2) is 11.7 Å². The zero-order valence-corrected chi connectivity index (χ0v) is 32.5. The van der Waals surface area contributed by atoms with E-state index in [9.17, 15) is 43.5 Å². The number of allylic oxidation sites excluding steroid dienone is 3. The lowest BCUT2D eigenvalue weighted by Crippen LogP contribution is -2.59. The number of aliphatic carboxylic acids is 2. The Hall–Kier alpha value is -5.33. The van der Waals surface area contributed by atoms with E-state index in [0.29, 0.717) is 12.8 Å². The molecule has 312 valence electrons. The van der Waals surface area contributed by atoms with Gasteiger partial charge < -0.3 is 54.0 Å². The van der Waals surface area contributed by atoms with Crippen LogP contribution in [0.15, 0.2) is 28.8 Å². The molecule has 8 atom stereocenters. The van der Waals surface area contributed by atoms with E-state index in [4.69, 9.17) is 22.3 Å². The maximum atomic E-state index is 13.9. The minimum atomic E-state index is -1.45. The van der Waals surface area contributed by atoms with E-state index >= 15 is 0 Å². The van der Waals surface area contributed by atoms with Gasteiger partial charge in [-0.3, -0.25) is 38.6 Å². The number of nitrogens with zero attached hydrogens (tertiary/aromatic N) is 1. The van der Waals surface area contributed by atoms with Crippen molar-refractivity contribution in [3.8, 4) is 0 Å². The predicted molar refractivity (Wildman–Crippen MR) is 205 cm³/mol. The third-order valence-corrected chi connectivity index (χ3v) is 9.89. The highest BCUT2D eigenvalue weighted by atomic mass is 16.4. The average Bonchev–Trinajstić information content (AvgIpc) is 3.64. The Morgan fingerprint density at radius 1 is 0.946 bits per heavy atom. The van der Waals surface area contributed by atoms with E-state index in [1.165, 1.54) is 0 Å². The second-order valence-corrected chi connectivity index (χ2v) is 14.7. The fourth-order valence-corrected chi connectivity index (χ4v) is 6.29. The quantitative estimate of drug-likeness (QED) is 0.0431. The molecule has 2 rings (SSSR count). The summed E-state index contributed by atoms with van der Waals surface area (Å²) in [6.45, 7) is 7.06. The van der Waals surface area contributed by atoms with E-state index in [1.807, 2.05) is 25.2 Å². The Labute approximate surface area is 326 Å². The molecule has 56 heavy (non-hydrogen) atoms. The average molecular weight is 790 g/mol. The SMILES string of the molecule is CCC(C)C1NC(=O)C(NC(=O)C(CC(=O)C(CCCN=C(N)N)NC(=O)C(N)CC(=O)O)C(C)C)CCCC(C(=O)O)NC(=O)C(CC2=CCC=C2)NC1=O. The number of aliphatic imine (C=N–C) groups is 1. The van der Waals surface area contributed by atoms with Crippen molar-refractivity contribution in [1.29, 1.82) is 0 Å². The number of ketones is 1. The number of hydrogen-bond acceptors (Lipinski definition) is 10. The maximum Gasteiger partial charge on any atom is 0.326 e. The maximum absolute atomic E-state index is 13.9. The topological polar surface area (TPSA) is 328 Å². The van der Waals surface area contributed by atoms with Gasteiger partial charge in [-0.2, -0.15) is 0 Å². The summed E-state index contributed by atoms with van der Waals surface area (Å²) in [7, 11) is 0. The van der Waals surface area contributed by atoms with Crippen molar-refractivity contribution in [3.63, 3.8) is 0 Å². The van der Waals surface area contributed by atoms with Crippen LogP contribution in [-0.2, 0) is 38.4 Å². The number of Topliss-reactive ketones (excluding diaryl/α,β-unsaturated/α-hetero) is 1. The van der Waals surface area contributed by atoms with Crippen LogP contribution in [-0.4, -0.2) is 106 Å². The van der Waals surface area contributed by atoms with Crippen LogP contribution in [0.1, 0.15) is 91.9 Å². The summed E-state index contributed by atoms with van der Waals surface area (Å²) >= 11 is 0. The number of nitrogens with two attached hydrogens (primary N) is 3. The first kappa shape index (κ1) is 46.8. The number of carbonyl (C=O) groups excluding carboxylic acids is 6. The largest absolute Gasteiger partial charge is 0.481 e. The van der Waals surface area contributed by atoms with Crippen molar-refractivity contribution >= 4 is 53.2 Å². The van der Waals surface area contributed by atoms with Crippen molar-refractivity contribution in [3.05, 3.63) is 23.8 Å². The molecule has 2 aliphatic rings. The second kappa shape index (κ2) is 22.9. The Bertz CT molecular complexity index is 1540. The molecule has 0 bridgehead atoms. The molecule has 1 aliphatic heterocycles. The van der Waals surface area contributed by atoms with Crippen LogP contribution in [0.2, 0.25) is 0 Å². The molecule has 0 spiro atoms. The van der Waals surface area contributed by atoms with Crippen LogP contribution in [0.5, 0.6) is 0 Å². The van der Waals surface area contributed by atoms with Crippen LogP contribution in [0.25, 0.3) is 0 Å². The summed E-state index contributed by atoms with van der Waals surface area (Å²) in [6.07, 6.45) is 5.90. The summed E-state index contributed by atoms with van der Waals surface area (Å²) in [5.74, 6) is -8.90. The molecule has 0 aromatic heterocycles. The molecule has 0 saturated carbocycles. The number of nitrogens with one attached hydrogen (secondary N) is 5. The van der Waals surface area contributed by atoms with E-state index < -0.39 is 114 Å². The van der Waals surface area contributed by atoms with Crippen molar-refractivity contribution < 1.29 is 48.6 Å². The number of carboxylic acids is 2. The molecule has 1 fully saturated rings. The van der Waals surface area contributed by atoms with Crippen LogP contribution in [0, 0.1) is 17.8 Å². The number of amides is 5. The summed E-state index contributed by atoms with van der Waals surface area (Å²) < 4.78 is 0. The first-order chi connectivity index (χ1) is 26.3. The lowest BCUT2D eigenvalue weighted by molar-refractivity contribution is -0.142. The molecule has 19 heteroatoms. The van der Waals surface area contributed by atoms with Gasteiger partial charge >= 0.3 is 11.9 Å². The minimum Gasteiger partial charge on any atom is -0.481 e. The monoisotopic (exact) mass is 789 g/mol. The number of guanidine groups is 1. The van der Waals surface area contributed by atoms with Crippen molar-refractivity contribution in [2.45, 2.75) is 128 Å². The van der Waals surface area contributed by atoms with Crippen LogP contribution in [0.3, 0.4) is 0 Å². The summed E-state index contributed by atoms with van der Waals surface area (Å²) in [5, 5.41) is 32.2. The molecule has 13 N–H and O–H groups in total. The van der Waals surface area contributed by atoms with Gasteiger partial charge in [0, 0.05) is 25.3 Å². The van der Waals surface area contributed by atoms with Crippen LogP contribution < -0.4 is 43.8 Å². The molecule has 8 unspecified atom stereocenters. The zero-order chi connectivity index (χ0) is 42.1. The number of hydrogen-bond donors (Lipinski definition) is 10. The van der Waals surface area contributed by atoms with Gasteiger partial charge in [0.25, 0.3) is 0 Å². The molecule has 1 saturated heterocycles. The molecule has 1 heterocycles. The lowest BCUT2D eigenvalue weighted by Gasteiger charge is -2.29. The standard InChI is InChI=1S/C37H59N9O10/c1-5-20(4)30-35(54)45-27(16-21-10-6-7-11-21)34(53)44-26(36(55)56)13-8-12-25(33(52)46-30)43-31(50)22(19(2)3)17-28(47)24(14-9-15-41-37(39)40)42-32(51)23(38)18-29(48)49/h6,10-11,19-20,22-27,30H,5,7-9,12-18,38H2,1-4H3,(H,42,51)(H,43,50)(H,44,53)(H,45,54)(H,46,52)(H,48,49)(H,55,56)(H4,39,40,41). The van der Waals surface area contributed by atoms with E-state index in [0.717, 1.165) is 5.57 Å². The zero-order valence-electron chi connectivity index (χ0n) is 32.5. The van der Waals surface area contributed by atoms with E-state index in [2.05, 4.69) is 31.6 Å². The van der Waals surface area contributed by atoms with E-state index in [1.54, 1.807) is 20.8 Å². The molecular formula is C37H59N9O10. The van der Waals surface area contributed by atoms with Crippen LogP contribution >= 0.6 is 0 Å². The number of rotatable bonds is 19. The molecule has 0 aromatic rings. The van der Waals surface area contributed by atoms with Gasteiger partial charge in [-0.1, -0.05) is 52.3 Å². The van der Waals surface area contributed by atoms with Gasteiger partial charge in [-0.25, -0.2) is 4.79 Å². The number of carbonyl (C=O) groups is 8. The van der Waals surface area contributed by atoms with Gasteiger partial charge in [0.1, 0.15) is 24.2 Å². The highest BCUT2D eigenvalue weighted by Crippen LogP contribution is 2.21. The fraction of sp³-hybridized carbons (Fsp3) is 0.649. The second-order valence-electron chi connectivity index (χ2n) is 14.7. The smallest absolute Gasteiger partial charge is 0.326 e. The number of carboxylic acid groups (broad SMARTS) is 2. The lowest BCUT2D eigenvalue weighted by atomic mass is 9.86. The van der Waals surface area contributed by atoms with Crippen molar-refractivity contribution in [1.82, 2.24) is 26.6 Å². The Balaban J connectivity index is 2.38. The van der Waals surface area contributed by atoms with Gasteiger partial charge in [0.2, 0.25) is 29.5 Å². The molecule has 5 amide bonds. The van der Waals surface area contributed by atoms with Crippen molar-refractivity contribution in [2.75, 3.05) is 6.54 Å². The Morgan fingerprint density at radius 3 is 2.21 bits per heavy atom. The van der Waals surface area contributed by atoms with Gasteiger partial charge in [0.05, 0.1) is 18.5 Å². The minimum absolute atomic E-state index is 0.0358. The molecule has 1 aliphatic carbocycles. The summed E-state index contributed by atoms with van der Waals surface area (Å²) in [6, 6.07) is -7.50. The third kappa shape index (κ3) is 15.4. The Kier molecular flexibility index (Phi) is 19.2. The molecular weight excluding hydrogens is 730 g/mol. The van der Waals surface area contributed by atoms with E-state index in [-0.39, 0.29) is 51.0 Å². The molecule has 0 radical (unpaired) electrons. The summed E-state index contributed by atoms with van der Waals surface area (Å²) in [5.41, 5.74) is 17.3. The van der Waals surface area contributed by atoms with Gasteiger partial charge in [-0.15, -0.1) is 0 Å². The molecule has 0 aromatic carbocycles. The fourth-order valence-electron chi connectivity index (χ4n) is 6.29. The van der Waals surface area contributed by atoms with Crippen molar-refractivity contribution in [2.24, 2.45) is 39.9 Å². The molecule has 19 nitrogen and oxygen atoms in total. The highest BCUT2D eigenvalue weighted by molar-refractivity contribution is 5.97. The first-order valence-electron chi connectivity index (χ1n) is 19.0. The first-order valence-corrected chi connectivity index (χ1v) is 19.0. The normalized spacial score (nSPS) is 22.6.